The van der Waals surface area contributed by atoms with Gasteiger partial charge in [0.1, 0.15) is 5.75 Å². The fourth-order valence-electron chi connectivity index (χ4n) is 3.51. The third-order valence-corrected chi connectivity index (χ3v) is 6.82. The number of nitrogens with one attached hydrogen (secondary N) is 1. The second kappa shape index (κ2) is 7.18. The van der Waals surface area contributed by atoms with Crippen LogP contribution in [-0.2, 0) is 10.0 Å². The maximum atomic E-state index is 13.0. The second-order valence-electron chi connectivity index (χ2n) is 7.45. The van der Waals surface area contributed by atoms with Crippen LogP contribution in [0.3, 0.4) is 0 Å². The van der Waals surface area contributed by atoms with Crippen LogP contribution in [0.4, 0.5) is 11.4 Å². The van der Waals surface area contributed by atoms with Gasteiger partial charge in [-0.05, 0) is 73.9 Å². The van der Waals surface area contributed by atoms with Crippen molar-refractivity contribution in [1.82, 2.24) is 0 Å². The monoisotopic (exact) mass is 422 g/mol. The van der Waals surface area contributed by atoms with Gasteiger partial charge >= 0.3 is 0 Å². The summed E-state index contributed by atoms with van der Waals surface area (Å²) >= 11 is 0. The molecule has 0 saturated carbocycles. The molecular formula is C23H22N2O4S. The predicted octanol–water partition coefficient (Wildman–Crippen LogP) is 4.79. The van der Waals surface area contributed by atoms with Gasteiger partial charge in [0.2, 0.25) is 0 Å². The minimum atomic E-state index is -3.82. The second-order valence-corrected chi connectivity index (χ2v) is 9.10. The van der Waals surface area contributed by atoms with Crippen molar-refractivity contribution >= 4 is 27.3 Å². The van der Waals surface area contributed by atoms with E-state index in [2.05, 4.69) is 4.72 Å². The molecule has 1 amide bonds. The van der Waals surface area contributed by atoms with Gasteiger partial charge in [-0.15, -0.1) is 0 Å². The molecule has 0 atom stereocenters. The van der Waals surface area contributed by atoms with Crippen molar-refractivity contribution in [3.63, 3.8) is 0 Å². The summed E-state index contributed by atoms with van der Waals surface area (Å²) in [6.45, 7) is 5.58. The summed E-state index contributed by atoms with van der Waals surface area (Å²) in [5.41, 5.74) is 3.81. The fourth-order valence-corrected chi connectivity index (χ4v) is 4.87. The number of benzene rings is 3. The number of aryl methyl sites for hydroxylation is 3. The summed E-state index contributed by atoms with van der Waals surface area (Å²) in [6.07, 6.45) is 0. The summed E-state index contributed by atoms with van der Waals surface area (Å²) < 4.78 is 34.5. The highest BCUT2D eigenvalue weighted by molar-refractivity contribution is 7.92. The minimum Gasteiger partial charge on any atom is -0.454 e. The standard InChI is InChI=1S/C23H22N2O4S/c1-14-11-16(3)22(12-15(14)2)30(27,28)24-17-9-10-20-18(13-17)23(26)25(4)19-7-5-6-8-21(19)29-20/h5-13,24H,1-4H3. The van der Waals surface area contributed by atoms with Gasteiger partial charge in [0.15, 0.2) is 5.75 Å². The lowest BCUT2D eigenvalue weighted by molar-refractivity contribution is 0.0993. The van der Waals surface area contributed by atoms with E-state index in [0.29, 0.717) is 28.4 Å². The number of ether oxygens (including phenoxy) is 1. The van der Waals surface area contributed by atoms with E-state index < -0.39 is 10.0 Å². The molecule has 3 aromatic rings. The van der Waals surface area contributed by atoms with E-state index in [-0.39, 0.29) is 16.4 Å². The average molecular weight is 423 g/mol. The number of sulfonamides is 1. The number of hydrogen-bond acceptors (Lipinski definition) is 4. The van der Waals surface area contributed by atoms with Gasteiger partial charge in [-0.2, -0.15) is 0 Å². The zero-order chi connectivity index (χ0) is 21.6. The summed E-state index contributed by atoms with van der Waals surface area (Å²) in [5.74, 6) is 0.659. The molecule has 1 heterocycles. The predicted molar refractivity (Wildman–Crippen MR) is 117 cm³/mol. The largest absolute Gasteiger partial charge is 0.454 e. The van der Waals surface area contributed by atoms with Crippen LogP contribution in [0.5, 0.6) is 11.5 Å². The molecule has 0 fully saturated rings. The highest BCUT2D eigenvalue weighted by atomic mass is 32.2. The molecule has 154 valence electrons. The summed E-state index contributed by atoms with van der Waals surface area (Å²) in [5, 5.41) is 0. The number of hydrogen-bond donors (Lipinski definition) is 1. The molecule has 0 unspecified atom stereocenters. The van der Waals surface area contributed by atoms with E-state index in [1.54, 1.807) is 44.3 Å². The number of fused-ring (bicyclic) bond motifs is 2. The zero-order valence-corrected chi connectivity index (χ0v) is 18.0. The number of anilines is 2. The van der Waals surface area contributed by atoms with E-state index in [1.165, 1.54) is 11.0 Å². The Balaban J connectivity index is 1.72. The maximum Gasteiger partial charge on any atom is 0.262 e. The SMILES string of the molecule is Cc1cc(C)c(S(=O)(=O)Nc2ccc3c(c2)C(=O)N(C)c2ccccc2O3)cc1C. The molecular weight excluding hydrogens is 400 g/mol. The van der Waals surface area contributed by atoms with Crippen molar-refractivity contribution < 1.29 is 17.9 Å². The summed E-state index contributed by atoms with van der Waals surface area (Å²) in [7, 11) is -2.16. The Morgan fingerprint density at radius 2 is 1.57 bits per heavy atom. The number of nitrogens with zero attached hydrogens (tertiary/aromatic N) is 1. The van der Waals surface area contributed by atoms with E-state index >= 15 is 0 Å². The van der Waals surface area contributed by atoms with Crippen molar-refractivity contribution in [3.8, 4) is 11.5 Å². The molecule has 0 spiro atoms. The molecule has 30 heavy (non-hydrogen) atoms. The van der Waals surface area contributed by atoms with Gasteiger partial charge in [0.25, 0.3) is 15.9 Å². The van der Waals surface area contributed by atoms with Crippen LogP contribution in [0.15, 0.2) is 59.5 Å². The van der Waals surface area contributed by atoms with E-state index in [0.717, 1.165) is 11.1 Å². The first-order valence-electron chi connectivity index (χ1n) is 9.47. The molecule has 1 aliphatic rings. The van der Waals surface area contributed by atoms with Crippen LogP contribution in [0.2, 0.25) is 0 Å². The average Bonchev–Trinajstić information content (AvgIpc) is 2.80. The van der Waals surface area contributed by atoms with Gasteiger partial charge in [-0.25, -0.2) is 8.42 Å². The first kappa shape index (κ1) is 20.0. The van der Waals surface area contributed by atoms with Gasteiger partial charge < -0.3 is 9.64 Å². The molecule has 0 bridgehead atoms. The molecule has 3 aromatic carbocycles. The molecule has 1 N–H and O–H groups in total. The number of amides is 1. The lowest BCUT2D eigenvalue weighted by atomic mass is 10.1. The van der Waals surface area contributed by atoms with Crippen LogP contribution >= 0.6 is 0 Å². The molecule has 1 aliphatic heterocycles. The molecule has 6 nitrogen and oxygen atoms in total. The van der Waals surface area contributed by atoms with Crippen molar-refractivity contribution in [1.29, 1.82) is 0 Å². The first-order valence-corrected chi connectivity index (χ1v) is 11.0. The fraction of sp³-hybridized carbons (Fsp3) is 0.174. The van der Waals surface area contributed by atoms with Gasteiger partial charge in [0.05, 0.1) is 16.1 Å². The van der Waals surface area contributed by atoms with Crippen molar-refractivity contribution in [2.45, 2.75) is 25.7 Å². The number of carbonyl (C=O) groups is 1. The zero-order valence-electron chi connectivity index (χ0n) is 17.2. The van der Waals surface area contributed by atoms with E-state index in [1.807, 2.05) is 32.0 Å². The molecule has 7 heteroatoms. The summed E-state index contributed by atoms with van der Waals surface area (Å²) in [4.78, 5) is 14.7. The number of carbonyl (C=O) groups excluding carboxylic acids is 1. The Morgan fingerprint density at radius 3 is 2.33 bits per heavy atom. The highest BCUT2D eigenvalue weighted by Gasteiger charge is 2.26. The Morgan fingerprint density at radius 1 is 0.867 bits per heavy atom. The topological polar surface area (TPSA) is 75.7 Å². The van der Waals surface area contributed by atoms with Gasteiger partial charge in [-0.3, -0.25) is 9.52 Å². The lowest BCUT2D eigenvalue weighted by Crippen LogP contribution is -2.25. The van der Waals surface area contributed by atoms with Gasteiger partial charge in [-0.1, -0.05) is 18.2 Å². The Labute approximate surface area is 176 Å². The smallest absolute Gasteiger partial charge is 0.262 e. The van der Waals surface area contributed by atoms with Crippen LogP contribution < -0.4 is 14.4 Å². The molecule has 0 aliphatic carbocycles. The molecule has 0 saturated heterocycles. The van der Waals surface area contributed by atoms with Gasteiger partial charge in [0, 0.05) is 12.7 Å². The normalized spacial score (nSPS) is 13.2. The quantitative estimate of drug-likeness (QED) is 0.658. The van der Waals surface area contributed by atoms with Crippen LogP contribution in [-0.4, -0.2) is 21.4 Å². The summed E-state index contributed by atoms with van der Waals surface area (Å²) in [6, 6.07) is 15.5. The van der Waals surface area contributed by atoms with Crippen molar-refractivity contribution in [2.24, 2.45) is 0 Å². The van der Waals surface area contributed by atoms with Crippen molar-refractivity contribution in [3.05, 3.63) is 76.9 Å². The number of rotatable bonds is 3. The molecule has 4 rings (SSSR count). The Hall–Kier alpha value is -3.32. The molecule has 0 radical (unpaired) electrons. The first-order chi connectivity index (χ1) is 14.2. The minimum absolute atomic E-state index is 0.215. The number of para-hydroxylation sites is 2. The van der Waals surface area contributed by atoms with E-state index in [4.69, 9.17) is 4.74 Å². The van der Waals surface area contributed by atoms with Crippen molar-refractivity contribution in [2.75, 3.05) is 16.7 Å². The maximum absolute atomic E-state index is 13.0. The van der Waals surface area contributed by atoms with Crippen LogP contribution in [0.1, 0.15) is 27.0 Å². The highest BCUT2D eigenvalue weighted by Crippen LogP contribution is 2.39. The van der Waals surface area contributed by atoms with Crippen LogP contribution in [0.25, 0.3) is 0 Å². The Bertz CT molecular complexity index is 1280. The van der Waals surface area contributed by atoms with Crippen LogP contribution in [0, 0.1) is 20.8 Å². The Kier molecular flexibility index (Phi) is 4.78. The molecule has 0 aromatic heterocycles. The van der Waals surface area contributed by atoms with E-state index in [9.17, 15) is 13.2 Å². The third kappa shape index (κ3) is 3.41. The third-order valence-electron chi connectivity index (χ3n) is 5.29. The lowest BCUT2D eigenvalue weighted by Gasteiger charge is -2.16.